The largest absolute Gasteiger partial charge is 0.322 e. The van der Waals surface area contributed by atoms with Gasteiger partial charge in [-0.15, -0.1) is 0 Å². The van der Waals surface area contributed by atoms with Crippen molar-refractivity contribution < 1.29 is 9.59 Å². The Morgan fingerprint density at radius 2 is 1.73 bits per heavy atom. The molecule has 2 aromatic carbocycles. The van der Waals surface area contributed by atoms with Crippen LogP contribution in [0.3, 0.4) is 0 Å². The molecule has 22 heavy (non-hydrogen) atoms. The van der Waals surface area contributed by atoms with Gasteiger partial charge in [-0.05, 0) is 55.0 Å². The predicted molar refractivity (Wildman–Crippen MR) is 87.4 cm³/mol. The van der Waals surface area contributed by atoms with E-state index in [4.69, 9.17) is 11.6 Å². The van der Waals surface area contributed by atoms with Gasteiger partial charge in [-0.25, -0.2) is 0 Å². The van der Waals surface area contributed by atoms with Crippen molar-refractivity contribution in [2.45, 2.75) is 12.8 Å². The SMILES string of the molecule is O=C(Nc1ccc(N2CCCC2=O)cc1)c1ccc(Cl)cc1. The fourth-order valence-corrected chi connectivity index (χ4v) is 2.58. The zero-order valence-electron chi connectivity index (χ0n) is 11.9. The van der Waals surface area contributed by atoms with Gasteiger partial charge in [0.25, 0.3) is 5.91 Å². The molecule has 4 nitrogen and oxygen atoms in total. The number of amides is 2. The summed E-state index contributed by atoms with van der Waals surface area (Å²) in [6, 6.07) is 14.0. The summed E-state index contributed by atoms with van der Waals surface area (Å²) in [4.78, 5) is 25.6. The summed E-state index contributed by atoms with van der Waals surface area (Å²) in [7, 11) is 0. The van der Waals surface area contributed by atoms with Gasteiger partial charge < -0.3 is 10.2 Å². The summed E-state index contributed by atoms with van der Waals surface area (Å²) < 4.78 is 0. The minimum Gasteiger partial charge on any atom is -0.322 e. The summed E-state index contributed by atoms with van der Waals surface area (Å²) in [5.74, 6) is -0.0420. The van der Waals surface area contributed by atoms with E-state index in [1.807, 2.05) is 12.1 Å². The van der Waals surface area contributed by atoms with Crippen LogP contribution in [0.2, 0.25) is 5.02 Å². The first-order valence-electron chi connectivity index (χ1n) is 7.11. The van der Waals surface area contributed by atoms with Crippen molar-refractivity contribution in [3.63, 3.8) is 0 Å². The monoisotopic (exact) mass is 314 g/mol. The molecule has 0 radical (unpaired) electrons. The van der Waals surface area contributed by atoms with Gasteiger partial charge >= 0.3 is 0 Å². The van der Waals surface area contributed by atoms with Crippen LogP contribution in [0.5, 0.6) is 0 Å². The van der Waals surface area contributed by atoms with E-state index in [1.165, 1.54) is 0 Å². The first-order valence-corrected chi connectivity index (χ1v) is 7.48. The Morgan fingerprint density at radius 3 is 2.32 bits per heavy atom. The predicted octanol–water partition coefficient (Wildman–Crippen LogP) is 3.72. The molecule has 0 bridgehead atoms. The van der Waals surface area contributed by atoms with Crippen LogP contribution < -0.4 is 10.2 Å². The van der Waals surface area contributed by atoms with Crippen molar-refractivity contribution in [1.82, 2.24) is 0 Å². The fourth-order valence-electron chi connectivity index (χ4n) is 2.45. The summed E-state index contributed by atoms with van der Waals surface area (Å²) in [5, 5.41) is 3.41. The molecule has 0 spiro atoms. The molecule has 3 rings (SSSR count). The average Bonchev–Trinajstić information content (AvgIpc) is 2.95. The standard InChI is InChI=1S/C17H15ClN2O2/c18-13-5-3-12(4-6-13)17(22)19-14-7-9-15(10-8-14)20-11-1-2-16(20)21/h3-10H,1-2,11H2,(H,19,22). The number of anilines is 2. The third-order valence-electron chi connectivity index (χ3n) is 3.62. The molecule has 2 aromatic rings. The number of hydrogen-bond donors (Lipinski definition) is 1. The molecular weight excluding hydrogens is 300 g/mol. The normalized spacial score (nSPS) is 14.2. The highest BCUT2D eigenvalue weighted by molar-refractivity contribution is 6.30. The smallest absolute Gasteiger partial charge is 0.255 e. The van der Waals surface area contributed by atoms with Crippen LogP contribution in [0.1, 0.15) is 23.2 Å². The lowest BCUT2D eigenvalue weighted by molar-refractivity contribution is -0.117. The fraction of sp³-hybridized carbons (Fsp3) is 0.176. The Labute approximate surface area is 133 Å². The Hall–Kier alpha value is -2.33. The number of benzene rings is 2. The molecule has 0 aromatic heterocycles. The topological polar surface area (TPSA) is 49.4 Å². The number of halogens is 1. The molecule has 0 saturated carbocycles. The Balaban J connectivity index is 1.69. The van der Waals surface area contributed by atoms with Crippen molar-refractivity contribution in [3.8, 4) is 0 Å². The Bertz CT molecular complexity index is 696. The zero-order valence-corrected chi connectivity index (χ0v) is 12.6. The summed E-state index contributed by atoms with van der Waals surface area (Å²) in [6.45, 7) is 0.759. The molecule has 1 saturated heterocycles. The first-order chi connectivity index (χ1) is 10.6. The lowest BCUT2D eigenvalue weighted by atomic mass is 10.2. The maximum Gasteiger partial charge on any atom is 0.255 e. The van der Waals surface area contributed by atoms with E-state index in [2.05, 4.69) is 5.32 Å². The minimum absolute atomic E-state index is 0.151. The maximum atomic E-state index is 12.1. The highest BCUT2D eigenvalue weighted by atomic mass is 35.5. The van der Waals surface area contributed by atoms with E-state index in [0.717, 1.165) is 18.7 Å². The van der Waals surface area contributed by atoms with Crippen molar-refractivity contribution >= 4 is 34.8 Å². The second-order valence-electron chi connectivity index (χ2n) is 5.16. The van der Waals surface area contributed by atoms with Crippen molar-refractivity contribution in [1.29, 1.82) is 0 Å². The van der Waals surface area contributed by atoms with Crippen molar-refractivity contribution in [2.24, 2.45) is 0 Å². The molecule has 0 atom stereocenters. The third kappa shape index (κ3) is 3.12. The van der Waals surface area contributed by atoms with Crippen LogP contribution in [-0.2, 0) is 4.79 Å². The van der Waals surface area contributed by atoms with Crippen molar-refractivity contribution in [3.05, 3.63) is 59.1 Å². The molecule has 1 aliphatic rings. The van der Waals surface area contributed by atoms with Crippen LogP contribution in [0.15, 0.2) is 48.5 Å². The van der Waals surface area contributed by atoms with E-state index in [-0.39, 0.29) is 11.8 Å². The van der Waals surface area contributed by atoms with Crippen LogP contribution in [0.4, 0.5) is 11.4 Å². The Kier molecular flexibility index (Phi) is 4.11. The molecule has 112 valence electrons. The summed E-state index contributed by atoms with van der Waals surface area (Å²) in [6.07, 6.45) is 1.50. The van der Waals surface area contributed by atoms with E-state index in [9.17, 15) is 9.59 Å². The Morgan fingerprint density at radius 1 is 1.05 bits per heavy atom. The van der Waals surface area contributed by atoms with Gasteiger partial charge in [0.2, 0.25) is 5.91 Å². The molecule has 1 heterocycles. The minimum atomic E-state index is -0.193. The molecule has 1 aliphatic heterocycles. The maximum absolute atomic E-state index is 12.1. The lowest BCUT2D eigenvalue weighted by Gasteiger charge is -2.16. The molecule has 5 heteroatoms. The van der Waals surface area contributed by atoms with Gasteiger partial charge in [0, 0.05) is 34.9 Å². The second kappa shape index (κ2) is 6.20. The number of rotatable bonds is 3. The van der Waals surface area contributed by atoms with E-state index in [0.29, 0.717) is 22.7 Å². The van der Waals surface area contributed by atoms with E-state index < -0.39 is 0 Å². The molecule has 2 amide bonds. The molecule has 0 aliphatic carbocycles. The van der Waals surface area contributed by atoms with Crippen LogP contribution >= 0.6 is 11.6 Å². The van der Waals surface area contributed by atoms with Crippen molar-refractivity contribution in [2.75, 3.05) is 16.8 Å². The quantitative estimate of drug-likeness (QED) is 0.938. The average molecular weight is 315 g/mol. The van der Waals surface area contributed by atoms with Gasteiger partial charge in [-0.1, -0.05) is 11.6 Å². The van der Waals surface area contributed by atoms with Gasteiger partial charge in [0.15, 0.2) is 0 Å². The number of nitrogens with one attached hydrogen (secondary N) is 1. The molecule has 0 unspecified atom stereocenters. The first kappa shape index (κ1) is 14.6. The van der Waals surface area contributed by atoms with Crippen LogP contribution in [0, 0.1) is 0 Å². The van der Waals surface area contributed by atoms with Crippen LogP contribution in [0.25, 0.3) is 0 Å². The number of nitrogens with zero attached hydrogens (tertiary/aromatic N) is 1. The van der Waals surface area contributed by atoms with E-state index in [1.54, 1.807) is 41.3 Å². The number of hydrogen-bond acceptors (Lipinski definition) is 2. The third-order valence-corrected chi connectivity index (χ3v) is 3.87. The molecule has 1 fully saturated rings. The van der Waals surface area contributed by atoms with Gasteiger partial charge in [0.05, 0.1) is 0 Å². The zero-order chi connectivity index (χ0) is 15.5. The van der Waals surface area contributed by atoms with Crippen LogP contribution in [-0.4, -0.2) is 18.4 Å². The summed E-state index contributed by atoms with van der Waals surface area (Å²) >= 11 is 5.80. The van der Waals surface area contributed by atoms with Gasteiger partial charge in [-0.2, -0.15) is 0 Å². The molecule has 1 N–H and O–H groups in total. The van der Waals surface area contributed by atoms with Gasteiger partial charge in [-0.3, -0.25) is 9.59 Å². The lowest BCUT2D eigenvalue weighted by Crippen LogP contribution is -2.23. The molecular formula is C17H15ClN2O2. The number of carbonyl (C=O) groups excluding carboxylic acids is 2. The number of carbonyl (C=O) groups is 2. The highest BCUT2D eigenvalue weighted by Gasteiger charge is 2.21. The van der Waals surface area contributed by atoms with Gasteiger partial charge in [0.1, 0.15) is 0 Å². The van der Waals surface area contributed by atoms with E-state index >= 15 is 0 Å². The summed E-state index contributed by atoms with van der Waals surface area (Å²) in [5.41, 5.74) is 2.10. The second-order valence-corrected chi connectivity index (χ2v) is 5.59. The highest BCUT2D eigenvalue weighted by Crippen LogP contribution is 2.23.